The third-order valence-corrected chi connectivity index (χ3v) is 8.23. The maximum absolute atomic E-state index is 13.2. The van der Waals surface area contributed by atoms with E-state index in [9.17, 15) is 9.59 Å². The van der Waals surface area contributed by atoms with Gasteiger partial charge in [-0.1, -0.05) is 36.1 Å². The van der Waals surface area contributed by atoms with Crippen molar-refractivity contribution in [1.29, 1.82) is 0 Å². The van der Waals surface area contributed by atoms with E-state index >= 15 is 0 Å². The molecule has 0 bridgehead atoms. The molecule has 0 saturated carbocycles. The van der Waals surface area contributed by atoms with Gasteiger partial charge in [0.15, 0.2) is 4.32 Å². The van der Waals surface area contributed by atoms with E-state index in [1.165, 1.54) is 11.8 Å². The minimum atomic E-state index is -0.486. The van der Waals surface area contributed by atoms with Crippen LogP contribution in [0.2, 0.25) is 0 Å². The average molecular weight is 589 g/mol. The molecule has 8 nitrogen and oxygen atoms in total. The molecular formula is C31H32N4O4S2. The lowest BCUT2D eigenvalue weighted by molar-refractivity contribution is -0.113. The van der Waals surface area contributed by atoms with Crippen molar-refractivity contribution in [3.8, 4) is 17.2 Å². The van der Waals surface area contributed by atoms with Gasteiger partial charge in [0, 0.05) is 38.3 Å². The van der Waals surface area contributed by atoms with E-state index in [-0.39, 0.29) is 5.91 Å². The van der Waals surface area contributed by atoms with Gasteiger partial charge in [-0.15, -0.1) is 0 Å². The number of benzene rings is 3. The summed E-state index contributed by atoms with van der Waals surface area (Å²) >= 11 is 6.82. The van der Waals surface area contributed by atoms with Crippen molar-refractivity contribution in [3.63, 3.8) is 0 Å². The van der Waals surface area contributed by atoms with E-state index in [0.717, 1.165) is 50.5 Å². The molecule has 0 radical (unpaired) electrons. The van der Waals surface area contributed by atoms with Gasteiger partial charge in [-0.05, 0) is 85.8 Å². The van der Waals surface area contributed by atoms with Crippen molar-refractivity contribution in [3.05, 3.63) is 88.8 Å². The Labute approximate surface area is 249 Å². The summed E-state index contributed by atoms with van der Waals surface area (Å²) < 4.78 is 12.3. The molecule has 2 aliphatic rings. The highest BCUT2D eigenvalue weighted by Gasteiger charge is 2.33. The van der Waals surface area contributed by atoms with E-state index in [4.69, 9.17) is 27.4 Å². The molecule has 2 aliphatic heterocycles. The molecule has 3 aromatic rings. The standard InChI is InChI=1S/C31H32N4O4S2/c1-33-16-18-34(19-17-33)15-2-20-38-25-13-7-24(8-14-25)35-30(37)28(41-31(35)40)21-22-3-9-26(10-4-22)39-27-11-5-23(6-12-27)29(32)36/h3-14,21H,2,15-20H2,1H3,(H2,32,36)/b28-21-. The molecule has 212 valence electrons. The molecule has 5 rings (SSSR count). The monoisotopic (exact) mass is 588 g/mol. The predicted octanol–water partition coefficient (Wildman–Crippen LogP) is 5.00. The molecule has 0 aliphatic carbocycles. The van der Waals surface area contributed by atoms with Gasteiger partial charge >= 0.3 is 0 Å². The van der Waals surface area contributed by atoms with Crippen molar-refractivity contribution >= 4 is 51.9 Å². The summed E-state index contributed by atoms with van der Waals surface area (Å²) in [6, 6.07) is 21.5. The summed E-state index contributed by atoms with van der Waals surface area (Å²) in [4.78, 5) is 31.4. The smallest absolute Gasteiger partial charge is 0.270 e. The number of primary amides is 1. The zero-order valence-corrected chi connectivity index (χ0v) is 24.5. The van der Waals surface area contributed by atoms with Crippen LogP contribution in [0.3, 0.4) is 0 Å². The van der Waals surface area contributed by atoms with Crippen LogP contribution in [0.1, 0.15) is 22.3 Å². The van der Waals surface area contributed by atoms with Crippen LogP contribution in [-0.2, 0) is 4.79 Å². The zero-order valence-electron chi connectivity index (χ0n) is 22.8. The molecule has 0 atom stereocenters. The Kier molecular flexibility index (Phi) is 9.35. The fourth-order valence-electron chi connectivity index (χ4n) is 4.54. The van der Waals surface area contributed by atoms with Gasteiger partial charge in [-0.2, -0.15) is 0 Å². The van der Waals surface area contributed by atoms with E-state index in [2.05, 4.69) is 16.8 Å². The Balaban J connectivity index is 1.14. The second kappa shape index (κ2) is 13.3. The Morgan fingerprint density at radius 1 is 0.927 bits per heavy atom. The van der Waals surface area contributed by atoms with Crippen molar-refractivity contribution in [2.45, 2.75) is 6.42 Å². The lowest BCUT2D eigenvalue weighted by Gasteiger charge is -2.32. The van der Waals surface area contributed by atoms with Crippen LogP contribution in [0.25, 0.3) is 6.08 Å². The summed E-state index contributed by atoms with van der Waals surface area (Å²) in [7, 11) is 2.16. The number of carbonyl (C=O) groups excluding carboxylic acids is 2. The third-order valence-electron chi connectivity index (χ3n) is 6.92. The molecule has 2 fully saturated rings. The van der Waals surface area contributed by atoms with Crippen LogP contribution in [0, 0.1) is 0 Å². The normalized spacial score (nSPS) is 17.3. The first kappa shape index (κ1) is 28.8. The highest BCUT2D eigenvalue weighted by atomic mass is 32.2. The highest BCUT2D eigenvalue weighted by molar-refractivity contribution is 8.27. The van der Waals surface area contributed by atoms with E-state index in [1.54, 1.807) is 29.2 Å². The molecule has 2 N–H and O–H groups in total. The molecule has 2 saturated heterocycles. The number of rotatable bonds is 10. The number of thiocarbonyl (C=S) groups is 1. The largest absolute Gasteiger partial charge is 0.494 e. The lowest BCUT2D eigenvalue weighted by atomic mass is 10.2. The van der Waals surface area contributed by atoms with Crippen LogP contribution >= 0.6 is 24.0 Å². The van der Waals surface area contributed by atoms with E-state index < -0.39 is 5.91 Å². The van der Waals surface area contributed by atoms with Crippen molar-refractivity contribution < 1.29 is 19.1 Å². The van der Waals surface area contributed by atoms with Crippen LogP contribution in [0.15, 0.2) is 77.7 Å². The second-order valence-corrected chi connectivity index (χ2v) is 11.6. The number of hydrogen-bond acceptors (Lipinski definition) is 8. The predicted molar refractivity (Wildman–Crippen MR) is 168 cm³/mol. The first-order valence-electron chi connectivity index (χ1n) is 13.5. The molecule has 41 heavy (non-hydrogen) atoms. The highest BCUT2D eigenvalue weighted by Crippen LogP contribution is 2.36. The van der Waals surface area contributed by atoms with Crippen LogP contribution in [0.4, 0.5) is 5.69 Å². The maximum Gasteiger partial charge on any atom is 0.270 e. The molecule has 0 spiro atoms. The molecule has 0 unspecified atom stereocenters. The molecule has 2 heterocycles. The summed E-state index contributed by atoms with van der Waals surface area (Å²) in [6.07, 6.45) is 2.80. The van der Waals surface area contributed by atoms with Gasteiger partial charge < -0.3 is 25.0 Å². The minimum Gasteiger partial charge on any atom is -0.494 e. The number of ether oxygens (including phenoxy) is 2. The van der Waals surface area contributed by atoms with Crippen LogP contribution in [-0.4, -0.2) is 72.3 Å². The Bertz CT molecular complexity index is 1420. The zero-order chi connectivity index (χ0) is 28.8. The average Bonchev–Trinajstić information content (AvgIpc) is 3.25. The molecule has 3 aromatic carbocycles. The number of carbonyl (C=O) groups is 2. The summed E-state index contributed by atoms with van der Waals surface area (Å²) in [6.45, 7) is 6.15. The topological polar surface area (TPSA) is 88.3 Å². The van der Waals surface area contributed by atoms with E-state index in [0.29, 0.717) is 38.6 Å². The van der Waals surface area contributed by atoms with Gasteiger partial charge in [0.1, 0.15) is 17.2 Å². The fourth-order valence-corrected chi connectivity index (χ4v) is 5.84. The van der Waals surface area contributed by atoms with Crippen LogP contribution < -0.4 is 20.1 Å². The molecule has 2 amide bonds. The summed E-state index contributed by atoms with van der Waals surface area (Å²) in [5, 5.41) is 0. The first-order valence-corrected chi connectivity index (χ1v) is 14.7. The number of thioether (sulfide) groups is 1. The SMILES string of the molecule is CN1CCN(CCCOc2ccc(N3C(=O)/C(=C/c4ccc(Oc5ccc(C(N)=O)cc5)cc4)SC3=S)cc2)CC1. The third kappa shape index (κ3) is 7.53. The fraction of sp³-hybridized carbons (Fsp3) is 0.258. The number of amides is 2. The maximum atomic E-state index is 13.2. The number of hydrogen-bond donors (Lipinski definition) is 1. The lowest BCUT2D eigenvalue weighted by Crippen LogP contribution is -2.44. The number of nitrogens with two attached hydrogens (primary N) is 1. The van der Waals surface area contributed by atoms with E-state index in [1.807, 2.05) is 54.6 Å². The quantitative estimate of drug-likeness (QED) is 0.201. The van der Waals surface area contributed by atoms with Gasteiger partial charge in [-0.25, -0.2) is 0 Å². The van der Waals surface area contributed by atoms with Gasteiger partial charge in [0.2, 0.25) is 5.91 Å². The Morgan fingerprint density at radius 3 is 2.17 bits per heavy atom. The molecule has 0 aromatic heterocycles. The number of likely N-dealkylation sites (N-methyl/N-ethyl adjacent to an activating group) is 1. The summed E-state index contributed by atoms with van der Waals surface area (Å²) in [5.74, 6) is 1.35. The van der Waals surface area contributed by atoms with Gasteiger partial charge in [0.25, 0.3) is 5.91 Å². The second-order valence-electron chi connectivity index (χ2n) is 9.92. The number of nitrogens with zero attached hydrogens (tertiary/aromatic N) is 3. The number of piperazine rings is 1. The van der Waals surface area contributed by atoms with Crippen molar-refractivity contribution in [2.24, 2.45) is 5.73 Å². The van der Waals surface area contributed by atoms with Crippen molar-refractivity contribution in [1.82, 2.24) is 9.80 Å². The minimum absolute atomic E-state index is 0.157. The number of anilines is 1. The van der Waals surface area contributed by atoms with Gasteiger partial charge in [0.05, 0.1) is 17.2 Å². The van der Waals surface area contributed by atoms with Crippen LogP contribution in [0.5, 0.6) is 17.2 Å². The Morgan fingerprint density at radius 2 is 1.54 bits per heavy atom. The Hall–Kier alpha value is -3.70. The molecule has 10 heteroatoms. The van der Waals surface area contributed by atoms with Gasteiger partial charge in [-0.3, -0.25) is 14.5 Å². The van der Waals surface area contributed by atoms with Crippen molar-refractivity contribution in [2.75, 3.05) is 51.3 Å². The molecular weight excluding hydrogens is 556 g/mol. The summed E-state index contributed by atoms with van der Waals surface area (Å²) in [5.41, 5.74) is 7.26. The first-order chi connectivity index (χ1) is 19.9.